The van der Waals surface area contributed by atoms with E-state index in [9.17, 15) is 4.79 Å². The molecule has 1 fully saturated rings. The van der Waals surface area contributed by atoms with Gasteiger partial charge in [-0.1, -0.05) is 39.0 Å². The molecule has 0 spiro atoms. The van der Waals surface area contributed by atoms with E-state index in [1.807, 2.05) is 30.3 Å². The Labute approximate surface area is 157 Å². The van der Waals surface area contributed by atoms with Crippen LogP contribution in [0.5, 0.6) is 0 Å². The van der Waals surface area contributed by atoms with Gasteiger partial charge in [-0.3, -0.25) is 4.79 Å². The molecule has 26 heavy (non-hydrogen) atoms. The molecule has 4 heteroatoms. The van der Waals surface area contributed by atoms with Gasteiger partial charge in [0, 0.05) is 24.5 Å². The lowest BCUT2D eigenvalue weighted by Gasteiger charge is -2.32. The molecule has 1 N–H and O–H groups in total. The van der Waals surface area contributed by atoms with Gasteiger partial charge in [0.05, 0.1) is 11.1 Å². The number of fused-ring (bicyclic) bond motifs is 1. The molecule has 3 rings (SSSR count). The van der Waals surface area contributed by atoms with E-state index >= 15 is 0 Å². The Morgan fingerprint density at radius 1 is 1.31 bits per heavy atom. The Kier molecular flexibility index (Phi) is 5.80. The van der Waals surface area contributed by atoms with Crippen LogP contribution in [0.25, 0.3) is 10.9 Å². The van der Waals surface area contributed by atoms with Crippen LogP contribution in [0.3, 0.4) is 0 Å². The van der Waals surface area contributed by atoms with E-state index in [0.717, 1.165) is 41.8 Å². The molecule has 2 atom stereocenters. The lowest BCUT2D eigenvalue weighted by Crippen LogP contribution is -2.36. The van der Waals surface area contributed by atoms with Crippen molar-refractivity contribution in [2.24, 2.45) is 11.8 Å². The average molecular weight is 354 g/mol. The summed E-state index contributed by atoms with van der Waals surface area (Å²) < 4.78 is 0. The van der Waals surface area contributed by atoms with Crippen LogP contribution in [0.4, 0.5) is 5.82 Å². The number of aromatic nitrogens is 1. The van der Waals surface area contributed by atoms with Crippen molar-refractivity contribution in [3.8, 4) is 0 Å². The summed E-state index contributed by atoms with van der Waals surface area (Å²) in [6.07, 6.45) is 3.43. The number of hydrogen-bond donors (Lipinski definition) is 1. The molecule has 0 aliphatic carbocycles. The van der Waals surface area contributed by atoms with Crippen LogP contribution in [-0.4, -0.2) is 30.0 Å². The second-order valence-electron chi connectivity index (χ2n) is 8.24. The molecule has 1 aromatic carbocycles. The molecule has 0 radical (unpaired) electrons. The summed E-state index contributed by atoms with van der Waals surface area (Å²) in [5.74, 6) is 2.16. The predicted molar refractivity (Wildman–Crippen MR) is 109 cm³/mol. The zero-order chi connectivity index (χ0) is 18.7. The number of hydrogen-bond acceptors (Lipinski definition) is 3. The van der Waals surface area contributed by atoms with Crippen molar-refractivity contribution in [1.29, 1.82) is 0 Å². The molecule has 2 aromatic rings. The number of nitrogens with one attached hydrogen (secondary N) is 1. The number of pyridine rings is 1. The highest BCUT2D eigenvalue weighted by molar-refractivity contribution is 6.07. The van der Waals surface area contributed by atoms with Gasteiger partial charge < -0.3 is 10.2 Å². The predicted octanol–water partition coefficient (Wildman–Crippen LogP) is 4.64. The third-order valence-electron chi connectivity index (χ3n) is 5.13. The lowest BCUT2D eigenvalue weighted by atomic mass is 10.00. The molecular weight excluding hydrogens is 322 g/mol. The van der Waals surface area contributed by atoms with E-state index in [1.54, 1.807) is 0 Å². The van der Waals surface area contributed by atoms with Crippen LogP contribution in [0.2, 0.25) is 0 Å². The molecule has 1 aromatic heterocycles. The first kappa shape index (κ1) is 18.7. The summed E-state index contributed by atoms with van der Waals surface area (Å²) in [7, 11) is 0. The SMILES string of the molecule is CC(C)C[C@H](C)NC(=O)c1cc(N2CCC[C@@H](C)C2)nc2ccccc12. The molecular formula is C22H31N3O. The highest BCUT2D eigenvalue weighted by Crippen LogP contribution is 2.26. The third-order valence-corrected chi connectivity index (χ3v) is 5.13. The summed E-state index contributed by atoms with van der Waals surface area (Å²) in [5, 5.41) is 4.10. The normalized spacial score (nSPS) is 19.0. The molecule has 1 aliphatic heterocycles. The van der Waals surface area contributed by atoms with Gasteiger partial charge in [0.2, 0.25) is 0 Å². The van der Waals surface area contributed by atoms with Gasteiger partial charge in [-0.2, -0.15) is 0 Å². The standard InChI is InChI=1S/C22H31N3O/c1-15(2)12-17(4)23-22(26)19-13-21(25-11-7-8-16(3)14-25)24-20-10-6-5-9-18(19)20/h5-6,9-10,13,15-17H,7-8,11-12,14H2,1-4H3,(H,23,26)/t16-,17+/m1/s1. The quantitative estimate of drug-likeness (QED) is 0.852. The summed E-state index contributed by atoms with van der Waals surface area (Å²) in [6.45, 7) is 10.7. The van der Waals surface area contributed by atoms with Crippen LogP contribution in [0.1, 0.15) is 57.3 Å². The smallest absolute Gasteiger partial charge is 0.252 e. The van der Waals surface area contributed by atoms with Gasteiger partial charge in [0.1, 0.15) is 5.82 Å². The van der Waals surface area contributed by atoms with Gasteiger partial charge in [-0.25, -0.2) is 4.98 Å². The maximum Gasteiger partial charge on any atom is 0.252 e. The van der Waals surface area contributed by atoms with Crippen molar-refractivity contribution in [2.75, 3.05) is 18.0 Å². The van der Waals surface area contributed by atoms with Crippen molar-refractivity contribution in [3.63, 3.8) is 0 Å². The number of piperidine rings is 1. The number of benzene rings is 1. The second kappa shape index (κ2) is 8.07. The topological polar surface area (TPSA) is 45.2 Å². The Morgan fingerprint density at radius 2 is 2.08 bits per heavy atom. The summed E-state index contributed by atoms with van der Waals surface area (Å²) in [6, 6.07) is 10.1. The minimum absolute atomic E-state index is 0.00283. The van der Waals surface area contributed by atoms with E-state index in [2.05, 4.69) is 37.9 Å². The van der Waals surface area contributed by atoms with Crippen molar-refractivity contribution in [2.45, 2.75) is 53.0 Å². The Morgan fingerprint density at radius 3 is 2.81 bits per heavy atom. The van der Waals surface area contributed by atoms with Crippen molar-refractivity contribution >= 4 is 22.6 Å². The molecule has 140 valence electrons. The fourth-order valence-electron chi connectivity index (χ4n) is 3.98. The minimum Gasteiger partial charge on any atom is -0.356 e. The van der Waals surface area contributed by atoms with Crippen molar-refractivity contribution in [1.82, 2.24) is 10.3 Å². The van der Waals surface area contributed by atoms with E-state index in [1.165, 1.54) is 12.8 Å². The van der Waals surface area contributed by atoms with Gasteiger partial charge in [-0.05, 0) is 50.2 Å². The average Bonchev–Trinajstić information content (AvgIpc) is 2.60. The first-order valence-electron chi connectivity index (χ1n) is 9.89. The number of amides is 1. The summed E-state index contributed by atoms with van der Waals surface area (Å²) in [4.78, 5) is 20.2. The van der Waals surface area contributed by atoms with E-state index in [4.69, 9.17) is 4.98 Å². The number of carbonyl (C=O) groups excluding carboxylic acids is 1. The Hall–Kier alpha value is -2.10. The number of rotatable bonds is 5. The van der Waals surface area contributed by atoms with E-state index < -0.39 is 0 Å². The first-order chi connectivity index (χ1) is 12.4. The largest absolute Gasteiger partial charge is 0.356 e. The molecule has 1 aliphatic rings. The fraction of sp³-hybridized carbons (Fsp3) is 0.545. The molecule has 0 saturated carbocycles. The third kappa shape index (κ3) is 4.35. The number of para-hydroxylation sites is 1. The summed E-state index contributed by atoms with van der Waals surface area (Å²) in [5.41, 5.74) is 1.63. The second-order valence-corrected chi connectivity index (χ2v) is 8.24. The Bertz CT molecular complexity index is 771. The van der Waals surface area contributed by atoms with Crippen molar-refractivity contribution in [3.05, 3.63) is 35.9 Å². The lowest BCUT2D eigenvalue weighted by molar-refractivity contribution is 0.0937. The molecule has 0 unspecified atom stereocenters. The maximum absolute atomic E-state index is 13.0. The number of anilines is 1. The van der Waals surface area contributed by atoms with Gasteiger partial charge in [0.15, 0.2) is 0 Å². The fourth-order valence-corrected chi connectivity index (χ4v) is 3.98. The van der Waals surface area contributed by atoms with Gasteiger partial charge in [0.25, 0.3) is 5.91 Å². The van der Waals surface area contributed by atoms with Gasteiger partial charge in [-0.15, -0.1) is 0 Å². The van der Waals surface area contributed by atoms with E-state index in [0.29, 0.717) is 11.8 Å². The summed E-state index contributed by atoms with van der Waals surface area (Å²) >= 11 is 0. The number of nitrogens with zero attached hydrogens (tertiary/aromatic N) is 2. The minimum atomic E-state index is 0.00283. The van der Waals surface area contributed by atoms with Crippen LogP contribution >= 0.6 is 0 Å². The zero-order valence-corrected chi connectivity index (χ0v) is 16.5. The maximum atomic E-state index is 13.0. The van der Waals surface area contributed by atoms with Crippen LogP contribution in [-0.2, 0) is 0 Å². The molecule has 1 saturated heterocycles. The molecule has 0 bridgehead atoms. The van der Waals surface area contributed by atoms with Crippen LogP contribution in [0, 0.1) is 11.8 Å². The Balaban J connectivity index is 1.93. The monoisotopic (exact) mass is 353 g/mol. The van der Waals surface area contributed by atoms with Gasteiger partial charge >= 0.3 is 0 Å². The van der Waals surface area contributed by atoms with Crippen LogP contribution in [0.15, 0.2) is 30.3 Å². The molecule has 1 amide bonds. The number of carbonyl (C=O) groups is 1. The van der Waals surface area contributed by atoms with Crippen molar-refractivity contribution < 1.29 is 4.79 Å². The zero-order valence-electron chi connectivity index (χ0n) is 16.5. The van der Waals surface area contributed by atoms with Crippen LogP contribution < -0.4 is 10.2 Å². The first-order valence-corrected chi connectivity index (χ1v) is 9.89. The highest BCUT2D eigenvalue weighted by Gasteiger charge is 2.21. The highest BCUT2D eigenvalue weighted by atomic mass is 16.1. The van der Waals surface area contributed by atoms with E-state index in [-0.39, 0.29) is 11.9 Å². The molecule has 4 nitrogen and oxygen atoms in total. The molecule has 2 heterocycles.